The number of aryl methyl sites for hydroxylation is 1. The number of piperazine rings is 1. The van der Waals surface area contributed by atoms with Gasteiger partial charge in [0.1, 0.15) is 4.90 Å². The van der Waals surface area contributed by atoms with Crippen LogP contribution in [0.2, 0.25) is 5.02 Å². The molecule has 2 aromatic rings. The number of fused-ring (bicyclic) bond motifs is 1. The fourth-order valence-electron chi connectivity index (χ4n) is 3.90. The second-order valence-corrected chi connectivity index (χ2v) is 9.86. The summed E-state index contributed by atoms with van der Waals surface area (Å²) >= 11 is 6.26. The lowest BCUT2D eigenvalue weighted by atomic mass is 10.0. The summed E-state index contributed by atoms with van der Waals surface area (Å²) < 4.78 is 27.8. The van der Waals surface area contributed by atoms with Gasteiger partial charge in [-0.05, 0) is 49.7 Å². The molecule has 0 atom stereocenters. The maximum absolute atomic E-state index is 13.2. The molecule has 4 rings (SSSR count). The van der Waals surface area contributed by atoms with Crippen molar-refractivity contribution in [1.29, 1.82) is 0 Å². The number of likely N-dealkylation sites (N-methyl/N-ethyl adjacent to an activating group) is 1. The summed E-state index contributed by atoms with van der Waals surface area (Å²) in [6.45, 7) is 2.76. The van der Waals surface area contributed by atoms with E-state index < -0.39 is 10.0 Å². The molecule has 0 saturated carbocycles. The molecule has 0 aliphatic carbocycles. The lowest BCUT2D eigenvalue weighted by Crippen LogP contribution is -2.47. The second kappa shape index (κ2) is 8.07. The van der Waals surface area contributed by atoms with Crippen molar-refractivity contribution in [3.63, 3.8) is 0 Å². The zero-order chi connectivity index (χ0) is 20.6. The summed E-state index contributed by atoms with van der Waals surface area (Å²) in [5.74, 6) is -0.205. The topological polar surface area (TPSA) is 60.9 Å². The number of carbonyl (C=O) groups is 1. The van der Waals surface area contributed by atoms with Crippen LogP contribution in [0.3, 0.4) is 0 Å². The number of para-hydroxylation sites is 1. The Labute approximate surface area is 176 Å². The van der Waals surface area contributed by atoms with Crippen molar-refractivity contribution in [2.45, 2.75) is 17.7 Å². The van der Waals surface area contributed by atoms with E-state index in [0.717, 1.165) is 24.1 Å². The van der Waals surface area contributed by atoms with Crippen molar-refractivity contribution in [2.75, 3.05) is 44.7 Å². The maximum Gasteiger partial charge on any atom is 0.258 e. The van der Waals surface area contributed by atoms with Crippen LogP contribution >= 0.6 is 11.6 Å². The number of hydrogen-bond acceptors (Lipinski definition) is 4. The number of halogens is 1. The minimum atomic E-state index is -3.76. The van der Waals surface area contributed by atoms with Gasteiger partial charge >= 0.3 is 0 Å². The number of amides is 1. The summed E-state index contributed by atoms with van der Waals surface area (Å²) in [6.07, 6.45) is 1.81. The molecule has 0 bridgehead atoms. The summed E-state index contributed by atoms with van der Waals surface area (Å²) in [5.41, 5.74) is 2.35. The fraction of sp³-hybridized carbons (Fsp3) is 0.381. The summed E-state index contributed by atoms with van der Waals surface area (Å²) in [4.78, 5) is 17.1. The zero-order valence-corrected chi connectivity index (χ0v) is 17.9. The van der Waals surface area contributed by atoms with Crippen molar-refractivity contribution in [1.82, 2.24) is 9.21 Å². The second-order valence-electron chi connectivity index (χ2n) is 7.54. The first kappa shape index (κ1) is 20.3. The number of sulfonamides is 1. The van der Waals surface area contributed by atoms with Crippen LogP contribution in [0.4, 0.5) is 5.69 Å². The number of rotatable bonds is 3. The first-order valence-corrected chi connectivity index (χ1v) is 11.6. The number of anilines is 1. The minimum absolute atomic E-state index is 0.000126. The van der Waals surface area contributed by atoms with E-state index in [9.17, 15) is 13.2 Å². The molecule has 8 heteroatoms. The van der Waals surface area contributed by atoms with Gasteiger partial charge in [0.15, 0.2) is 0 Å². The molecule has 1 saturated heterocycles. The van der Waals surface area contributed by atoms with E-state index in [0.29, 0.717) is 38.3 Å². The van der Waals surface area contributed by atoms with Crippen molar-refractivity contribution < 1.29 is 13.2 Å². The summed E-state index contributed by atoms with van der Waals surface area (Å²) in [6, 6.07) is 12.4. The van der Waals surface area contributed by atoms with Gasteiger partial charge < -0.3 is 9.80 Å². The van der Waals surface area contributed by atoms with Crippen LogP contribution < -0.4 is 4.90 Å². The van der Waals surface area contributed by atoms with Crippen LogP contribution in [-0.4, -0.2) is 63.3 Å². The molecular weight excluding hydrogens is 410 g/mol. The lowest BCUT2D eigenvalue weighted by Gasteiger charge is -2.32. The van der Waals surface area contributed by atoms with E-state index in [4.69, 9.17) is 11.6 Å². The zero-order valence-electron chi connectivity index (χ0n) is 16.3. The van der Waals surface area contributed by atoms with E-state index in [-0.39, 0.29) is 15.8 Å². The van der Waals surface area contributed by atoms with Crippen LogP contribution in [0.1, 0.15) is 22.3 Å². The van der Waals surface area contributed by atoms with Gasteiger partial charge in [0.2, 0.25) is 10.0 Å². The average Bonchev–Trinajstić information content (AvgIpc) is 2.73. The Morgan fingerprint density at radius 2 is 1.72 bits per heavy atom. The van der Waals surface area contributed by atoms with E-state index in [1.54, 1.807) is 11.0 Å². The third kappa shape index (κ3) is 3.92. The average molecular weight is 434 g/mol. The molecule has 0 radical (unpaired) electrons. The van der Waals surface area contributed by atoms with Crippen LogP contribution in [0, 0.1) is 0 Å². The molecule has 0 spiro atoms. The normalized spacial score (nSPS) is 18.5. The highest BCUT2D eigenvalue weighted by atomic mass is 35.5. The number of carbonyl (C=O) groups excluding carboxylic acids is 1. The largest absolute Gasteiger partial charge is 0.308 e. The first-order valence-electron chi connectivity index (χ1n) is 9.76. The Kier molecular flexibility index (Phi) is 5.66. The van der Waals surface area contributed by atoms with E-state index in [1.807, 2.05) is 31.3 Å². The SMILES string of the molecule is CN1CCN(S(=O)(=O)c2cc(C(=O)N3CCCc4ccccc43)ccc2Cl)CC1. The number of nitrogens with zero attached hydrogens (tertiary/aromatic N) is 3. The molecule has 154 valence electrons. The Hall–Kier alpha value is -1.93. The van der Waals surface area contributed by atoms with Gasteiger partial charge in [-0.2, -0.15) is 4.31 Å². The number of benzene rings is 2. The predicted molar refractivity (Wildman–Crippen MR) is 114 cm³/mol. The molecule has 2 aromatic carbocycles. The lowest BCUT2D eigenvalue weighted by molar-refractivity contribution is 0.0985. The van der Waals surface area contributed by atoms with E-state index >= 15 is 0 Å². The molecular formula is C21H24ClN3O3S. The highest BCUT2D eigenvalue weighted by molar-refractivity contribution is 7.89. The third-order valence-electron chi connectivity index (χ3n) is 5.61. The number of hydrogen-bond donors (Lipinski definition) is 0. The van der Waals surface area contributed by atoms with Gasteiger partial charge in [-0.15, -0.1) is 0 Å². The van der Waals surface area contributed by atoms with Crippen molar-refractivity contribution in [2.24, 2.45) is 0 Å². The van der Waals surface area contributed by atoms with E-state index in [1.165, 1.54) is 16.4 Å². The minimum Gasteiger partial charge on any atom is -0.308 e. The first-order chi connectivity index (χ1) is 13.9. The molecule has 0 unspecified atom stereocenters. The highest BCUT2D eigenvalue weighted by Gasteiger charge is 2.31. The molecule has 1 amide bonds. The Morgan fingerprint density at radius 1 is 1.00 bits per heavy atom. The summed E-state index contributed by atoms with van der Waals surface area (Å²) in [5, 5.41) is 0.138. The van der Waals surface area contributed by atoms with Crippen LogP contribution in [0.25, 0.3) is 0 Å². The standard InChI is InChI=1S/C21H24ClN3O3S/c1-23-11-13-24(14-12-23)29(27,28)20-15-17(8-9-18(20)22)21(26)25-10-4-6-16-5-2-3-7-19(16)25/h2-3,5,7-9,15H,4,6,10-14H2,1H3. The van der Waals surface area contributed by atoms with Crippen LogP contribution in [0.5, 0.6) is 0 Å². The molecule has 1 fully saturated rings. The monoisotopic (exact) mass is 433 g/mol. The van der Waals surface area contributed by atoms with Crippen LogP contribution in [0.15, 0.2) is 47.4 Å². The quantitative estimate of drug-likeness (QED) is 0.746. The predicted octanol–water partition coefficient (Wildman–Crippen LogP) is 2.87. The van der Waals surface area contributed by atoms with Crippen molar-refractivity contribution in [3.8, 4) is 0 Å². The molecule has 6 nitrogen and oxygen atoms in total. The highest BCUT2D eigenvalue weighted by Crippen LogP contribution is 2.31. The molecule has 0 aromatic heterocycles. The van der Waals surface area contributed by atoms with E-state index in [2.05, 4.69) is 4.90 Å². The van der Waals surface area contributed by atoms with Crippen molar-refractivity contribution in [3.05, 3.63) is 58.6 Å². The maximum atomic E-state index is 13.2. The molecule has 0 N–H and O–H groups in total. The molecule has 2 aliphatic rings. The van der Waals surface area contributed by atoms with Gasteiger partial charge in [0.25, 0.3) is 5.91 Å². The fourth-order valence-corrected chi connectivity index (χ4v) is 5.82. The van der Waals surface area contributed by atoms with Crippen LogP contribution in [-0.2, 0) is 16.4 Å². The summed E-state index contributed by atoms with van der Waals surface area (Å²) in [7, 11) is -1.79. The van der Waals surface area contributed by atoms with Gasteiger partial charge in [0, 0.05) is 44.0 Å². The van der Waals surface area contributed by atoms with Crippen molar-refractivity contribution >= 4 is 33.2 Å². The Balaban J connectivity index is 1.66. The smallest absolute Gasteiger partial charge is 0.258 e. The van der Waals surface area contributed by atoms with Gasteiger partial charge in [-0.3, -0.25) is 4.79 Å². The third-order valence-corrected chi connectivity index (χ3v) is 7.99. The molecule has 29 heavy (non-hydrogen) atoms. The Morgan fingerprint density at radius 3 is 2.48 bits per heavy atom. The Bertz CT molecular complexity index is 1030. The van der Waals surface area contributed by atoms with Gasteiger partial charge in [-0.1, -0.05) is 29.8 Å². The van der Waals surface area contributed by atoms with Gasteiger partial charge in [-0.25, -0.2) is 8.42 Å². The van der Waals surface area contributed by atoms with Gasteiger partial charge in [0.05, 0.1) is 5.02 Å². The molecule has 2 heterocycles. The molecule has 2 aliphatic heterocycles.